The minimum atomic E-state index is 0.420. The molecule has 2 heterocycles. The summed E-state index contributed by atoms with van der Waals surface area (Å²) in [4.78, 5) is 8.70. The summed E-state index contributed by atoms with van der Waals surface area (Å²) in [5, 5.41) is 5.83. The number of ether oxygens (including phenoxy) is 1. The zero-order valence-corrected chi connectivity index (χ0v) is 16.1. The molecular weight excluding hydrogens is 360 g/mol. The van der Waals surface area contributed by atoms with Crippen molar-refractivity contribution in [2.24, 2.45) is 0 Å². The number of hydrogen-bond acceptors (Lipinski definition) is 4. The first-order valence-corrected chi connectivity index (χ1v) is 9.13. The van der Waals surface area contributed by atoms with Crippen LogP contribution in [0.1, 0.15) is 30.9 Å². The van der Waals surface area contributed by atoms with E-state index in [1.807, 2.05) is 36.4 Å². The number of aromatic nitrogens is 4. The highest BCUT2D eigenvalue weighted by molar-refractivity contribution is 6.30. The lowest BCUT2D eigenvalue weighted by atomic mass is 10.0. The predicted octanol–water partition coefficient (Wildman–Crippen LogP) is 5.69. The van der Waals surface area contributed by atoms with Gasteiger partial charge in [0.2, 0.25) is 5.88 Å². The Morgan fingerprint density at radius 3 is 2.70 bits per heavy atom. The van der Waals surface area contributed by atoms with Crippen LogP contribution >= 0.6 is 11.6 Å². The van der Waals surface area contributed by atoms with Crippen LogP contribution in [-0.4, -0.2) is 19.7 Å². The second-order valence-corrected chi connectivity index (χ2v) is 7.22. The summed E-state index contributed by atoms with van der Waals surface area (Å²) >= 11 is 6.11. The fourth-order valence-corrected chi connectivity index (χ4v) is 3.17. The van der Waals surface area contributed by atoms with E-state index in [0.717, 1.165) is 22.4 Å². The molecule has 5 nitrogen and oxygen atoms in total. The average Bonchev–Trinajstić information content (AvgIpc) is 3.06. The molecule has 4 rings (SSSR count). The van der Waals surface area contributed by atoms with Crippen molar-refractivity contribution in [2.75, 3.05) is 0 Å². The van der Waals surface area contributed by atoms with E-state index in [1.165, 1.54) is 11.9 Å². The molecule has 0 radical (unpaired) electrons. The van der Waals surface area contributed by atoms with Gasteiger partial charge in [-0.3, -0.25) is 0 Å². The van der Waals surface area contributed by atoms with E-state index in [9.17, 15) is 0 Å². The molecule has 0 unspecified atom stereocenters. The second kappa shape index (κ2) is 7.00. The van der Waals surface area contributed by atoms with Crippen LogP contribution in [0.3, 0.4) is 0 Å². The maximum atomic E-state index is 6.11. The Labute approximate surface area is 162 Å². The van der Waals surface area contributed by atoms with Gasteiger partial charge in [0.25, 0.3) is 0 Å². The van der Waals surface area contributed by atoms with E-state index in [4.69, 9.17) is 16.3 Å². The Hall–Kier alpha value is -2.92. The van der Waals surface area contributed by atoms with Crippen molar-refractivity contribution in [3.05, 3.63) is 71.1 Å². The molecule has 0 bridgehead atoms. The van der Waals surface area contributed by atoms with Crippen LogP contribution in [0.2, 0.25) is 5.02 Å². The summed E-state index contributed by atoms with van der Waals surface area (Å²) in [5.41, 5.74) is 3.87. The van der Waals surface area contributed by atoms with Gasteiger partial charge in [0.15, 0.2) is 5.65 Å². The van der Waals surface area contributed by atoms with Crippen LogP contribution in [-0.2, 0) is 0 Å². The van der Waals surface area contributed by atoms with Crippen molar-refractivity contribution in [2.45, 2.75) is 26.7 Å². The Kier molecular flexibility index (Phi) is 4.54. The molecule has 0 fully saturated rings. The molecule has 4 aromatic rings. The summed E-state index contributed by atoms with van der Waals surface area (Å²) in [6.07, 6.45) is 3.20. The smallest absolute Gasteiger partial charge is 0.233 e. The fourth-order valence-electron chi connectivity index (χ4n) is 2.98. The maximum absolute atomic E-state index is 6.11. The van der Waals surface area contributed by atoms with Crippen LogP contribution < -0.4 is 4.74 Å². The molecule has 0 aliphatic heterocycles. The maximum Gasteiger partial charge on any atom is 0.233 e. The Bertz CT molecular complexity index is 1120. The van der Waals surface area contributed by atoms with Crippen molar-refractivity contribution in [1.29, 1.82) is 0 Å². The quantitative estimate of drug-likeness (QED) is 0.457. The third-order valence-corrected chi connectivity index (χ3v) is 4.57. The van der Waals surface area contributed by atoms with E-state index in [0.29, 0.717) is 22.5 Å². The first-order valence-electron chi connectivity index (χ1n) is 8.75. The molecule has 0 aliphatic rings. The van der Waals surface area contributed by atoms with Crippen molar-refractivity contribution in [3.63, 3.8) is 0 Å². The van der Waals surface area contributed by atoms with Crippen molar-refractivity contribution in [1.82, 2.24) is 19.7 Å². The van der Waals surface area contributed by atoms with Crippen LogP contribution in [0.5, 0.6) is 11.6 Å². The standard InChI is InChI=1S/C21H19ClN4O/c1-13(2)15-7-14(3)8-18(9-15)27-21-19-11-25-26(20(19)23-12-24-21)17-6-4-5-16(22)10-17/h4-13H,1-3H3. The molecule has 0 amide bonds. The number of aryl methyl sites for hydroxylation is 1. The summed E-state index contributed by atoms with van der Waals surface area (Å²) in [7, 11) is 0. The highest BCUT2D eigenvalue weighted by atomic mass is 35.5. The molecule has 0 N–H and O–H groups in total. The highest BCUT2D eigenvalue weighted by Crippen LogP contribution is 2.30. The van der Waals surface area contributed by atoms with Crippen LogP contribution in [0.15, 0.2) is 55.0 Å². The van der Waals surface area contributed by atoms with E-state index in [-0.39, 0.29) is 0 Å². The van der Waals surface area contributed by atoms with Gasteiger partial charge in [-0.2, -0.15) is 5.10 Å². The van der Waals surface area contributed by atoms with E-state index < -0.39 is 0 Å². The number of nitrogens with zero attached hydrogens (tertiary/aromatic N) is 4. The normalized spacial score (nSPS) is 11.3. The molecule has 0 atom stereocenters. The number of rotatable bonds is 4. The minimum Gasteiger partial charge on any atom is -0.438 e. The Balaban J connectivity index is 1.76. The average molecular weight is 379 g/mol. The molecule has 0 spiro atoms. The van der Waals surface area contributed by atoms with Crippen LogP contribution in [0.25, 0.3) is 16.7 Å². The predicted molar refractivity (Wildman–Crippen MR) is 107 cm³/mol. The lowest BCUT2D eigenvalue weighted by Crippen LogP contribution is -1.98. The Morgan fingerprint density at radius 1 is 1.07 bits per heavy atom. The molecule has 6 heteroatoms. The highest BCUT2D eigenvalue weighted by Gasteiger charge is 2.14. The summed E-state index contributed by atoms with van der Waals surface area (Å²) in [5.74, 6) is 1.66. The number of benzene rings is 2. The molecule has 0 saturated carbocycles. The van der Waals surface area contributed by atoms with Gasteiger partial charge in [-0.1, -0.05) is 37.6 Å². The number of fused-ring (bicyclic) bond motifs is 1. The zero-order valence-electron chi connectivity index (χ0n) is 15.3. The number of halogens is 1. The first kappa shape index (κ1) is 17.5. The third kappa shape index (κ3) is 3.51. The molecule has 2 aromatic carbocycles. The summed E-state index contributed by atoms with van der Waals surface area (Å²) in [6, 6.07) is 13.7. The molecule has 27 heavy (non-hydrogen) atoms. The molecule has 0 saturated heterocycles. The van der Waals surface area contributed by atoms with E-state index >= 15 is 0 Å². The lowest BCUT2D eigenvalue weighted by molar-refractivity contribution is 0.466. The largest absolute Gasteiger partial charge is 0.438 e. The van der Waals surface area contributed by atoms with Gasteiger partial charge >= 0.3 is 0 Å². The van der Waals surface area contributed by atoms with Gasteiger partial charge in [-0.25, -0.2) is 14.6 Å². The van der Waals surface area contributed by atoms with Gasteiger partial charge < -0.3 is 4.74 Å². The summed E-state index contributed by atoms with van der Waals surface area (Å²) < 4.78 is 7.83. The third-order valence-electron chi connectivity index (χ3n) is 4.34. The molecular formula is C21H19ClN4O. The molecule has 136 valence electrons. The van der Waals surface area contributed by atoms with E-state index in [2.05, 4.69) is 41.9 Å². The van der Waals surface area contributed by atoms with Crippen molar-refractivity contribution >= 4 is 22.6 Å². The monoisotopic (exact) mass is 378 g/mol. The zero-order chi connectivity index (χ0) is 19.0. The Morgan fingerprint density at radius 2 is 1.93 bits per heavy atom. The minimum absolute atomic E-state index is 0.420. The van der Waals surface area contributed by atoms with Gasteiger partial charge in [-0.05, 0) is 54.3 Å². The summed E-state index contributed by atoms with van der Waals surface area (Å²) in [6.45, 7) is 6.39. The second-order valence-electron chi connectivity index (χ2n) is 6.79. The van der Waals surface area contributed by atoms with Gasteiger partial charge in [0, 0.05) is 5.02 Å². The van der Waals surface area contributed by atoms with Crippen molar-refractivity contribution in [3.8, 4) is 17.3 Å². The van der Waals surface area contributed by atoms with Gasteiger partial charge in [0.1, 0.15) is 17.5 Å². The van der Waals surface area contributed by atoms with Crippen molar-refractivity contribution < 1.29 is 4.74 Å². The van der Waals surface area contributed by atoms with Gasteiger partial charge in [-0.15, -0.1) is 0 Å². The number of hydrogen-bond donors (Lipinski definition) is 0. The SMILES string of the molecule is Cc1cc(Oc2ncnc3c2cnn3-c2cccc(Cl)c2)cc(C(C)C)c1. The lowest BCUT2D eigenvalue weighted by Gasteiger charge is -2.11. The topological polar surface area (TPSA) is 52.8 Å². The fraction of sp³-hybridized carbons (Fsp3) is 0.190. The van der Waals surface area contributed by atoms with Crippen LogP contribution in [0.4, 0.5) is 0 Å². The molecule has 0 aliphatic carbocycles. The van der Waals surface area contributed by atoms with Crippen LogP contribution in [0, 0.1) is 6.92 Å². The first-order chi connectivity index (χ1) is 13.0. The molecule has 2 aromatic heterocycles. The van der Waals surface area contributed by atoms with E-state index in [1.54, 1.807) is 10.9 Å². The van der Waals surface area contributed by atoms with Gasteiger partial charge in [0.05, 0.1) is 11.9 Å².